The first kappa shape index (κ1) is 14.8. The van der Waals surface area contributed by atoms with Gasteiger partial charge in [0.15, 0.2) is 0 Å². The molecular weight excluding hydrogens is 256 g/mol. The summed E-state index contributed by atoms with van der Waals surface area (Å²) in [5, 5.41) is 0. The molecule has 1 fully saturated rings. The normalized spacial score (nSPS) is 27.4. The fourth-order valence-electron chi connectivity index (χ4n) is 2.94. The molecule has 0 aromatic rings. The number of hydrogen-bond acceptors (Lipinski definition) is 3. The summed E-state index contributed by atoms with van der Waals surface area (Å²) in [4.78, 5) is 38.0. The van der Waals surface area contributed by atoms with Crippen LogP contribution in [0.2, 0.25) is 0 Å². The van der Waals surface area contributed by atoms with Gasteiger partial charge < -0.3 is 0 Å². The molecule has 2 atom stereocenters. The van der Waals surface area contributed by atoms with Gasteiger partial charge >= 0.3 is 6.03 Å². The maximum absolute atomic E-state index is 12.3. The Morgan fingerprint density at radius 3 is 1.65 bits per heavy atom. The summed E-state index contributed by atoms with van der Waals surface area (Å²) in [5.74, 6) is 0.563. The van der Waals surface area contributed by atoms with Gasteiger partial charge in [0.25, 0.3) is 0 Å². The van der Waals surface area contributed by atoms with Crippen molar-refractivity contribution in [2.45, 2.75) is 39.5 Å². The van der Waals surface area contributed by atoms with Crippen molar-refractivity contribution < 1.29 is 14.4 Å². The van der Waals surface area contributed by atoms with E-state index < -0.39 is 6.03 Å². The van der Waals surface area contributed by atoms with Crippen LogP contribution in [-0.2, 0) is 9.59 Å². The fourth-order valence-corrected chi connectivity index (χ4v) is 2.94. The molecule has 20 heavy (non-hydrogen) atoms. The van der Waals surface area contributed by atoms with Gasteiger partial charge in [-0.05, 0) is 37.5 Å². The predicted octanol–water partition coefficient (Wildman–Crippen LogP) is 2.18. The summed E-state index contributed by atoms with van der Waals surface area (Å²) in [6.45, 7) is 3.55. The Labute approximate surface area is 119 Å². The van der Waals surface area contributed by atoms with E-state index in [1.54, 1.807) is 0 Å². The lowest BCUT2D eigenvalue weighted by molar-refractivity contribution is -0.129. The van der Waals surface area contributed by atoms with Crippen molar-refractivity contribution in [1.82, 2.24) is 9.80 Å². The van der Waals surface area contributed by atoms with E-state index in [-0.39, 0.29) is 11.8 Å². The van der Waals surface area contributed by atoms with E-state index in [0.29, 0.717) is 24.9 Å². The molecule has 1 heterocycles. The van der Waals surface area contributed by atoms with Gasteiger partial charge in [-0.1, -0.05) is 12.2 Å². The first-order valence-electron chi connectivity index (χ1n) is 7.29. The summed E-state index contributed by atoms with van der Waals surface area (Å²) in [5.41, 5.74) is 0. The average Bonchev–Trinajstić information content (AvgIpc) is 2.36. The van der Waals surface area contributed by atoms with E-state index in [2.05, 4.69) is 12.2 Å². The fraction of sp³-hybridized carbons (Fsp3) is 0.667. The van der Waals surface area contributed by atoms with E-state index in [1.807, 2.05) is 0 Å². The van der Waals surface area contributed by atoms with Crippen LogP contribution in [0, 0.1) is 11.8 Å². The average molecular weight is 278 g/mol. The largest absolute Gasteiger partial charge is 0.333 e. The molecule has 0 N–H and O–H groups in total. The zero-order valence-electron chi connectivity index (χ0n) is 12.2. The van der Waals surface area contributed by atoms with Crippen LogP contribution in [0.4, 0.5) is 4.79 Å². The third-order valence-corrected chi connectivity index (χ3v) is 4.22. The number of hydrogen-bond donors (Lipinski definition) is 0. The van der Waals surface area contributed by atoms with Crippen LogP contribution >= 0.6 is 0 Å². The Morgan fingerprint density at radius 1 is 0.950 bits per heavy atom. The minimum absolute atomic E-state index is 0.291. The third kappa shape index (κ3) is 3.08. The number of fused-ring (bicyclic) bond motifs is 1. The second-order valence-corrected chi connectivity index (χ2v) is 5.62. The number of amides is 4. The molecule has 0 bridgehead atoms. The van der Waals surface area contributed by atoms with Crippen molar-refractivity contribution >= 4 is 17.8 Å². The summed E-state index contributed by atoms with van der Waals surface area (Å²) in [6.07, 6.45) is 8.01. The Morgan fingerprint density at radius 2 is 1.35 bits per heavy atom. The quantitative estimate of drug-likeness (QED) is 0.638. The molecule has 5 heteroatoms. The van der Waals surface area contributed by atoms with Crippen molar-refractivity contribution in [1.29, 1.82) is 0 Å². The van der Waals surface area contributed by atoms with Crippen molar-refractivity contribution in [2.24, 2.45) is 11.8 Å². The van der Waals surface area contributed by atoms with Crippen LogP contribution < -0.4 is 0 Å². The van der Waals surface area contributed by atoms with Gasteiger partial charge in [-0.2, -0.15) is 0 Å². The van der Waals surface area contributed by atoms with Crippen LogP contribution in [0.25, 0.3) is 0 Å². The van der Waals surface area contributed by atoms with E-state index in [4.69, 9.17) is 0 Å². The molecule has 5 nitrogen and oxygen atoms in total. The standard InChI is InChI=1S/C15H22N2O3/c1-11(18)16-9-3-5-13-7-8-14(13)6-4-10-17(12(2)19)15(16)20/h7-8,13-14H,3-6,9-10H2,1-2H3. The van der Waals surface area contributed by atoms with Gasteiger partial charge in [0, 0.05) is 26.9 Å². The Balaban J connectivity index is 2.14. The highest BCUT2D eigenvalue weighted by atomic mass is 16.2. The SMILES string of the molecule is CC(=O)N1CCCC2C=CC2CCCN(C(C)=O)C1=O. The summed E-state index contributed by atoms with van der Waals surface area (Å²) in [6, 6.07) is -0.466. The monoisotopic (exact) mass is 278 g/mol. The Hall–Kier alpha value is -1.65. The Bertz CT molecular complexity index is 406. The molecule has 0 radical (unpaired) electrons. The zero-order chi connectivity index (χ0) is 14.7. The smallest absolute Gasteiger partial charge is 0.275 e. The summed E-state index contributed by atoms with van der Waals surface area (Å²) >= 11 is 0. The molecule has 0 spiro atoms. The zero-order valence-corrected chi connectivity index (χ0v) is 12.2. The maximum Gasteiger partial charge on any atom is 0.333 e. The van der Waals surface area contributed by atoms with Crippen LogP contribution in [0.1, 0.15) is 39.5 Å². The first-order chi connectivity index (χ1) is 9.50. The molecule has 110 valence electrons. The van der Waals surface area contributed by atoms with Crippen molar-refractivity contribution in [3.63, 3.8) is 0 Å². The maximum atomic E-state index is 12.3. The number of imide groups is 2. The second-order valence-electron chi connectivity index (χ2n) is 5.62. The molecule has 2 unspecified atom stereocenters. The molecule has 0 aromatic carbocycles. The van der Waals surface area contributed by atoms with Gasteiger partial charge in [-0.3, -0.25) is 19.4 Å². The summed E-state index contributed by atoms with van der Waals surface area (Å²) < 4.78 is 0. The van der Waals surface area contributed by atoms with Crippen LogP contribution in [0.3, 0.4) is 0 Å². The van der Waals surface area contributed by atoms with E-state index in [1.165, 1.54) is 23.6 Å². The number of nitrogens with zero attached hydrogens (tertiary/aromatic N) is 2. The summed E-state index contributed by atoms with van der Waals surface area (Å²) in [7, 11) is 0. The second kappa shape index (κ2) is 6.20. The number of allylic oxidation sites excluding steroid dienone is 2. The third-order valence-electron chi connectivity index (χ3n) is 4.22. The minimum Gasteiger partial charge on any atom is -0.275 e. The number of carbonyl (C=O) groups is 3. The van der Waals surface area contributed by atoms with Crippen molar-refractivity contribution in [3.8, 4) is 0 Å². The Kier molecular flexibility index (Phi) is 4.57. The lowest BCUT2D eigenvalue weighted by Crippen LogP contribution is -2.48. The predicted molar refractivity (Wildman–Crippen MR) is 74.8 cm³/mol. The topological polar surface area (TPSA) is 57.7 Å². The highest BCUT2D eigenvalue weighted by molar-refractivity contribution is 6.00. The number of urea groups is 1. The van der Waals surface area contributed by atoms with Gasteiger partial charge in [-0.25, -0.2) is 4.79 Å². The molecule has 1 saturated heterocycles. The highest BCUT2D eigenvalue weighted by Gasteiger charge is 2.30. The van der Waals surface area contributed by atoms with Crippen molar-refractivity contribution in [3.05, 3.63) is 12.2 Å². The lowest BCUT2D eigenvalue weighted by Gasteiger charge is -2.29. The van der Waals surface area contributed by atoms with Crippen molar-refractivity contribution in [2.75, 3.05) is 13.1 Å². The van der Waals surface area contributed by atoms with E-state index in [0.717, 1.165) is 25.7 Å². The van der Waals surface area contributed by atoms with Crippen LogP contribution in [0.5, 0.6) is 0 Å². The molecule has 2 rings (SSSR count). The van der Waals surface area contributed by atoms with Gasteiger partial charge in [0.1, 0.15) is 0 Å². The minimum atomic E-state index is -0.466. The molecule has 0 saturated carbocycles. The lowest BCUT2D eigenvalue weighted by atomic mass is 9.77. The number of carbonyl (C=O) groups excluding carboxylic acids is 3. The number of rotatable bonds is 0. The molecule has 0 aromatic heterocycles. The van der Waals surface area contributed by atoms with Crippen LogP contribution in [-0.4, -0.2) is 40.7 Å². The molecule has 2 aliphatic rings. The molecule has 1 aliphatic heterocycles. The molecule has 4 amide bonds. The van der Waals surface area contributed by atoms with E-state index >= 15 is 0 Å². The molecule has 1 aliphatic carbocycles. The van der Waals surface area contributed by atoms with Gasteiger partial charge in [-0.15, -0.1) is 0 Å². The molecular formula is C15H22N2O3. The van der Waals surface area contributed by atoms with E-state index in [9.17, 15) is 14.4 Å². The van der Waals surface area contributed by atoms with Gasteiger partial charge in [0.05, 0.1) is 0 Å². The first-order valence-corrected chi connectivity index (χ1v) is 7.29. The highest BCUT2D eigenvalue weighted by Crippen LogP contribution is 2.33. The van der Waals surface area contributed by atoms with Crippen LogP contribution in [0.15, 0.2) is 12.2 Å². The van der Waals surface area contributed by atoms with Gasteiger partial charge in [0.2, 0.25) is 11.8 Å².